The van der Waals surface area contributed by atoms with Crippen LogP contribution in [-0.4, -0.2) is 28.6 Å². The fourth-order valence-electron chi connectivity index (χ4n) is 3.52. The lowest BCUT2D eigenvalue weighted by Gasteiger charge is -2.25. The highest BCUT2D eigenvalue weighted by molar-refractivity contribution is 5.96. The van der Waals surface area contributed by atoms with Gasteiger partial charge in [0.05, 0.1) is 0 Å². The Kier molecular flexibility index (Phi) is 8.69. The Morgan fingerprint density at radius 3 is 2.50 bits per heavy atom. The van der Waals surface area contributed by atoms with E-state index in [9.17, 15) is 14.4 Å². The van der Waals surface area contributed by atoms with Crippen molar-refractivity contribution in [2.75, 3.05) is 23.8 Å². The van der Waals surface area contributed by atoms with E-state index in [2.05, 4.69) is 18.8 Å². The van der Waals surface area contributed by atoms with Gasteiger partial charge in [-0.2, -0.15) is 0 Å². The van der Waals surface area contributed by atoms with Gasteiger partial charge >= 0.3 is 5.69 Å². The molecule has 0 saturated carbocycles. The Labute approximate surface area is 189 Å². The second kappa shape index (κ2) is 11.0. The predicted octanol–water partition coefficient (Wildman–Crippen LogP) is 3.42. The fourth-order valence-corrected chi connectivity index (χ4v) is 3.52. The molecule has 2 aromatic rings. The average molecular weight is 445 g/mol. The number of nitrogen functional groups attached to an aromatic ring is 1. The first-order chi connectivity index (χ1) is 15.1. The third-order valence-electron chi connectivity index (χ3n) is 5.21. The van der Waals surface area contributed by atoms with E-state index in [1.54, 1.807) is 0 Å². The Morgan fingerprint density at radius 2 is 1.91 bits per heavy atom. The summed E-state index contributed by atoms with van der Waals surface area (Å²) < 4.78 is 7.22. The average Bonchev–Trinajstić information content (AvgIpc) is 2.71. The van der Waals surface area contributed by atoms with Crippen LogP contribution in [0.4, 0.5) is 11.5 Å². The molecule has 0 aliphatic heterocycles. The standard InChI is InChI=1S/C24H36N4O4/c1-7-8-11-27(21-22(25)28(13-15(2)3)24(31)26-23(21)30)20(29)14-32-19-12-17(6)9-10-18(19)16(4)5/h9-10,12,15-16H,7-8,11,13-14,25H2,1-6H3,(H,26,30,31). The molecular formula is C24H36N4O4. The summed E-state index contributed by atoms with van der Waals surface area (Å²) in [7, 11) is 0. The number of benzene rings is 1. The van der Waals surface area contributed by atoms with E-state index < -0.39 is 11.2 Å². The molecule has 3 N–H and O–H groups in total. The van der Waals surface area contributed by atoms with E-state index in [0.717, 1.165) is 17.5 Å². The van der Waals surface area contributed by atoms with Crippen molar-refractivity contribution < 1.29 is 9.53 Å². The van der Waals surface area contributed by atoms with Crippen molar-refractivity contribution >= 4 is 17.4 Å². The second-order valence-electron chi connectivity index (χ2n) is 8.88. The first-order valence-electron chi connectivity index (χ1n) is 11.2. The minimum atomic E-state index is -0.671. The van der Waals surface area contributed by atoms with Crippen molar-refractivity contribution in [1.29, 1.82) is 0 Å². The van der Waals surface area contributed by atoms with Crippen molar-refractivity contribution in [1.82, 2.24) is 9.55 Å². The lowest BCUT2D eigenvalue weighted by Crippen LogP contribution is -2.43. The molecule has 8 nitrogen and oxygen atoms in total. The third-order valence-corrected chi connectivity index (χ3v) is 5.21. The molecule has 0 atom stereocenters. The fraction of sp³-hybridized carbons (Fsp3) is 0.542. The molecule has 0 aliphatic carbocycles. The number of nitrogens with two attached hydrogens (primary N) is 1. The van der Waals surface area contributed by atoms with Crippen LogP contribution >= 0.6 is 0 Å². The number of nitrogens with zero attached hydrogens (tertiary/aromatic N) is 2. The third kappa shape index (κ3) is 6.02. The molecule has 1 heterocycles. The lowest BCUT2D eigenvalue weighted by atomic mass is 10.0. The number of hydrogen-bond donors (Lipinski definition) is 2. The number of aromatic amines is 1. The maximum Gasteiger partial charge on any atom is 0.330 e. The molecule has 176 valence electrons. The summed E-state index contributed by atoms with van der Waals surface area (Å²) in [5.74, 6) is 0.620. The van der Waals surface area contributed by atoms with Crippen LogP contribution in [0.5, 0.6) is 5.75 Å². The molecule has 32 heavy (non-hydrogen) atoms. The minimum absolute atomic E-state index is 0.000579. The van der Waals surface area contributed by atoms with E-state index >= 15 is 0 Å². The number of hydrogen-bond acceptors (Lipinski definition) is 5. The number of rotatable bonds is 10. The van der Waals surface area contributed by atoms with Crippen LogP contribution in [0.25, 0.3) is 0 Å². The van der Waals surface area contributed by atoms with Gasteiger partial charge in [-0.25, -0.2) is 4.79 Å². The van der Waals surface area contributed by atoms with E-state index in [4.69, 9.17) is 10.5 Å². The van der Waals surface area contributed by atoms with Crippen LogP contribution in [0.1, 0.15) is 64.5 Å². The highest BCUT2D eigenvalue weighted by Crippen LogP contribution is 2.28. The first-order valence-corrected chi connectivity index (χ1v) is 11.2. The highest BCUT2D eigenvalue weighted by Gasteiger charge is 2.25. The smallest absolute Gasteiger partial charge is 0.330 e. The molecule has 1 amide bonds. The zero-order valence-electron chi connectivity index (χ0n) is 20.0. The van der Waals surface area contributed by atoms with Gasteiger partial charge in [0.1, 0.15) is 11.6 Å². The van der Waals surface area contributed by atoms with Gasteiger partial charge in [-0.15, -0.1) is 0 Å². The Bertz CT molecular complexity index is 1050. The van der Waals surface area contributed by atoms with Gasteiger partial charge < -0.3 is 15.4 Å². The first kappa shape index (κ1) is 25.2. The molecule has 0 saturated heterocycles. The number of ether oxygens (including phenoxy) is 1. The maximum absolute atomic E-state index is 13.2. The van der Waals surface area contributed by atoms with Gasteiger partial charge in [-0.05, 0) is 42.4 Å². The van der Waals surface area contributed by atoms with Gasteiger partial charge in [0.15, 0.2) is 12.3 Å². The van der Waals surface area contributed by atoms with E-state index in [-0.39, 0.29) is 35.9 Å². The van der Waals surface area contributed by atoms with Crippen LogP contribution in [-0.2, 0) is 11.3 Å². The molecule has 8 heteroatoms. The largest absolute Gasteiger partial charge is 0.483 e. The lowest BCUT2D eigenvalue weighted by molar-refractivity contribution is -0.120. The van der Waals surface area contributed by atoms with Crippen LogP contribution < -0.4 is 26.6 Å². The summed E-state index contributed by atoms with van der Waals surface area (Å²) in [4.78, 5) is 41.9. The van der Waals surface area contributed by atoms with Crippen molar-refractivity contribution in [3.8, 4) is 5.75 Å². The van der Waals surface area contributed by atoms with E-state index in [1.807, 2.05) is 45.9 Å². The number of carbonyl (C=O) groups is 1. The molecule has 1 aromatic heterocycles. The zero-order valence-corrected chi connectivity index (χ0v) is 20.0. The van der Waals surface area contributed by atoms with Crippen molar-refractivity contribution in [2.24, 2.45) is 5.92 Å². The Hall–Kier alpha value is -3.03. The summed E-state index contributed by atoms with van der Waals surface area (Å²) >= 11 is 0. The number of carbonyl (C=O) groups excluding carboxylic acids is 1. The summed E-state index contributed by atoms with van der Waals surface area (Å²) in [6, 6.07) is 5.91. The molecule has 0 radical (unpaired) electrons. The van der Waals surface area contributed by atoms with Gasteiger partial charge in [0, 0.05) is 13.1 Å². The van der Waals surface area contributed by atoms with Crippen LogP contribution in [0.15, 0.2) is 27.8 Å². The Morgan fingerprint density at radius 1 is 1.22 bits per heavy atom. The molecular weight excluding hydrogens is 408 g/mol. The van der Waals surface area contributed by atoms with Gasteiger partial charge in [-0.3, -0.25) is 19.1 Å². The van der Waals surface area contributed by atoms with Crippen molar-refractivity contribution in [2.45, 2.75) is 66.8 Å². The number of unbranched alkanes of at least 4 members (excludes halogenated alkanes) is 1. The van der Waals surface area contributed by atoms with Gasteiger partial charge in [0.2, 0.25) is 0 Å². The number of aromatic nitrogens is 2. The number of aryl methyl sites for hydroxylation is 1. The van der Waals surface area contributed by atoms with Crippen LogP contribution in [0.2, 0.25) is 0 Å². The molecule has 0 unspecified atom stereocenters. The number of anilines is 2. The summed E-state index contributed by atoms with van der Waals surface area (Å²) in [5, 5.41) is 0. The summed E-state index contributed by atoms with van der Waals surface area (Å²) in [6.07, 6.45) is 1.50. The summed E-state index contributed by atoms with van der Waals surface area (Å²) in [6.45, 7) is 12.4. The zero-order chi connectivity index (χ0) is 24.0. The van der Waals surface area contributed by atoms with E-state index in [1.165, 1.54) is 9.47 Å². The van der Waals surface area contributed by atoms with E-state index in [0.29, 0.717) is 25.3 Å². The maximum atomic E-state index is 13.2. The molecule has 0 aliphatic rings. The van der Waals surface area contributed by atoms with Crippen molar-refractivity contribution in [3.05, 3.63) is 50.2 Å². The topological polar surface area (TPSA) is 110 Å². The summed E-state index contributed by atoms with van der Waals surface area (Å²) in [5.41, 5.74) is 7.03. The monoisotopic (exact) mass is 444 g/mol. The molecule has 0 fully saturated rings. The van der Waals surface area contributed by atoms with Crippen molar-refractivity contribution in [3.63, 3.8) is 0 Å². The Balaban J connectivity index is 2.41. The molecule has 0 bridgehead atoms. The SMILES string of the molecule is CCCCN(C(=O)COc1cc(C)ccc1C(C)C)c1c(N)n(CC(C)C)c(=O)[nH]c1=O. The quantitative estimate of drug-likeness (QED) is 0.583. The molecule has 0 spiro atoms. The molecule has 2 rings (SSSR count). The highest BCUT2D eigenvalue weighted by atomic mass is 16.5. The normalized spacial score (nSPS) is 11.2. The van der Waals surface area contributed by atoms with Crippen LogP contribution in [0.3, 0.4) is 0 Å². The second-order valence-corrected chi connectivity index (χ2v) is 8.88. The number of nitrogens with one attached hydrogen (secondary N) is 1. The predicted molar refractivity (Wildman–Crippen MR) is 129 cm³/mol. The minimum Gasteiger partial charge on any atom is -0.483 e. The number of amides is 1. The molecule has 1 aromatic carbocycles. The number of H-pyrrole nitrogens is 1. The van der Waals surface area contributed by atoms with Gasteiger partial charge in [-0.1, -0.05) is 53.2 Å². The van der Waals surface area contributed by atoms with Gasteiger partial charge in [0.25, 0.3) is 11.5 Å². The van der Waals surface area contributed by atoms with Crippen LogP contribution in [0, 0.1) is 12.8 Å².